The van der Waals surface area contributed by atoms with Crippen LogP contribution in [0.15, 0.2) is 0 Å². The van der Waals surface area contributed by atoms with E-state index in [4.69, 9.17) is 16.3 Å². The molecule has 1 amide bonds. The third-order valence-electron chi connectivity index (χ3n) is 4.18. The topological polar surface area (TPSA) is 29.5 Å². The second kappa shape index (κ2) is 7.49. The number of hydrogen-bond acceptors (Lipinski definition) is 2. The molecule has 4 heteroatoms. The van der Waals surface area contributed by atoms with Crippen LogP contribution in [0.4, 0.5) is 0 Å². The molecule has 1 heterocycles. The predicted octanol–water partition coefficient (Wildman–Crippen LogP) is 3.31. The number of carbonyl (C=O) groups excluding carboxylic acids is 1. The van der Waals surface area contributed by atoms with E-state index in [1.54, 1.807) is 0 Å². The van der Waals surface area contributed by atoms with E-state index in [0.717, 1.165) is 25.9 Å². The van der Waals surface area contributed by atoms with E-state index in [0.29, 0.717) is 30.7 Å². The van der Waals surface area contributed by atoms with Gasteiger partial charge in [0.05, 0.1) is 12.7 Å². The van der Waals surface area contributed by atoms with Crippen LogP contribution in [0.2, 0.25) is 0 Å². The Hall–Kier alpha value is -0.280. The van der Waals surface area contributed by atoms with Gasteiger partial charge < -0.3 is 9.64 Å². The van der Waals surface area contributed by atoms with Crippen LogP contribution in [-0.4, -0.2) is 42.5 Å². The summed E-state index contributed by atoms with van der Waals surface area (Å²) in [5.41, 5.74) is 0.192. The Morgan fingerprint density at radius 3 is 2.42 bits per heavy atom. The van der Waals surface area contributed by atoms with E-state index in [-0.39, 0.29) is 11.5 Å². The van der Waals surface area contributed by atoms with Crippen LogP contribution < -0.4 is 0 Å². The summed E-state index contributed by atoms with van der Waals surface area (Å²) in [5, 5.41) is 0. The van der Waals surface area contributed by atoms with Gasteiger partial charge in [0.15, 0.2) is 0 Å². The normalized spacial score (nSPS) is 19.5. The maximum absolute atomic E-state index is 12.2. The molecule has 0 spiro atoms. The van der Waals surface area contributed by atoms with Crippen LogP contribution in [0.25, 0.3) is 0 Å². The largest absolute Gasteiger partial charge is 0.377 e. The van der Waals surface area contributed by atoms with Crippen LogP contribution in [0, 0.1) is 11.3 Å². The lowest BCUT2D eigenvalue weighted by atomic mass is 9.80. The maximum atomic E-state index is 12.2. The van der Waals surface area contributed by atoms with Gasteiger partial charge in [-0.15, -0.1) is 11.6 Å². The fourth-order valence-electron chi connectivity index (χ4n) is 2.18. The Morgan fingerprint density at radius 1 is 1.37 bits per heavy atom. The maximum Gasteiger partial charge on any atom is 0.222 e. The molecular weight excluding hydrogens is 262 g/mol. The summed E-state index contributed by atoms with van der Waals surface area (Å²) in [4.78, 5) is 14.2. The van der Waals surface area contributed by atoms with Gasteiger partial charge >= 0.3 is 0 Å². The summed E-state index contributed by atoms with van der Waals surface area (Å²) in [6.07, 6.45) is 2.80. The third kappa shape index (κ3) is 5.70. The first kappa shape index (κ1) is 16.8. The van der Waals surface area contributed by atoms with Gasteiger partial charge in [-0.2, -0.15) is 0 Å². The first-order valence-electron chi connectivity index (χ1n) is 7.30. The van der Waals surface area contributed by atoms with Crippen molar-refractivity contribution in [3.63, 3.8) is 0 Å². The summed E-state index contributed by atoms with van der Waals surface area (Å²) in [6, 6.07) is 0. The summed E-state index contributed by atoms with van der Waals surface area (Å²) in [7, 11) is 0. The molecule has 3 nitrogen and oxygen atoms in total. The van der Waals surface area contributed by atoms with Crippen LogP contribution in [0.3, 0.4) is 0 Å². The van der Waals surface area contributed by atoms with Gasteiger partial charge in [-0.25, -0.2) is 0 Å². The molecule has 0 bridgehead atoms. The number of piperidine rings is 1. The number of hydrogen-bond donors (Lipinski definition) is 0. The number of rotatable bonds is 5. The lowest BCUT2D eigenvalue weighted by molar-refractivity contribution is -0.135. The smallest absolute Gasteiger partial charge is 0.222 e. The van der Waals surface area contributed by atoms with Gasteiger partial charge in [0.2, 0.25) is 5.91 Å². The van der Waals surface area contributed by atoms with Crippen LogP contribution in [0.5, 0.6) is 0 Å². The molecule has 0 aromatic carbocycles. The molecule has 1 saturated heterocycles. The molecule has 112 valence electrons. The van der Waals surface area contributed by atoms with Crippen molar-refractivity contribution >= 4 is 17.5 Å². The van der Waals surface area contributed by atoms with Crippen molar-refractivity contribution < 1.29 is 9.53 Å². The number of nitrogens with zero attached hydrogens (tertiary/aromatic N) is 1. The summed E-state index contributed by atoms with van der Waals surface area (Å²) in [6.45, 7) is 11.0. The van der Waals surface area contributed by atoms with E-state index in [1.165, 1.54) is 0 Å². The molecule has 0 saturated carbocycles. The second-order valence-corrected chi connectivity index (χ2v) is 6.99. The third-order valence-corrected chi connectivity index (χ3v) is 4.34. The van der Waals surface area contributed by atoms with E-state index >= 15 is 0 Å². The van der Waals surface area contributed by atoms with Gasteiger partial charge in [-0.05, 0) is 24.2 Å². The fourth-order valence-corrected chi connectivity index (χ4v) is 2.27. The summed E-state index contributed by atoms with van der Waals surface area (Å²) >= 11 is 5.61. The van der Waals surface area contributed by atoms with E-state index < -0.39 is 0 Å². The Labute approximate surface area is 122 Å². The van der Waals surface area contributed by atoms with Crippen LogP contribution >= 0.6 is 11.6 Å². The fraction of sp³-hybridized carbons (Fsp3) is 0.933. The molecule has 0 radical (unpaired) electrons. The Morgan fingerprint density at radius 2 is 1.95 bits per heavy atom. The van der Waals surface area contributed by atoms with Gasteiger partial charge in [0, 0.05) is 25.4 Å². The molecule has 0 aromatic heterocycles. The van der Waals surface area contributed by atoms with Gasteiger partial charge in [0.25, 0.3) is 0 Å². The first-order chi connectivity index (χ1) is 8.84. The van der Waals surface area contributed by atoms with E-state index in [2.05, 4.69) is 27.7 Å². The average Bonchev–Trinajstić information content (AvgIpc) is 2.35. The number of halogens is 1. The number of likely N-dealkylation sites (tertiary alicyclic amines) is 1. The number of carbonyl (C=O) groups is 1. The molecule has 1 unspecified atom stereocenters. The van der Waals surface area contributed by atoms with Crippen LogP contribution in [-0.2, 0) is 9.53 Å². The van der Waals surface area contributed by atoms with Crippen molar-refractivity contribution in [1.29, 1.82) is 0 Å². The van der Waals surface area contributed by atoms with Gasteiger partial charge in [-0.1, -0.05) is 27.7 Å². The SMILES string of the molecule is CC(CC(=O)N1CCC(OCCCl)CC1)C(C)(C)C. The van der Waals surface area contributed by atoms with Crippen molar-refractivity contribution in [3.05, 3.63) is 0 Å². The quantitative estimate of drug-likeness (QED) is 0.727. The molecule has 1 fully saturated rings. The molecular formula is C15H28ClNO2. The zero-order valence-corrected chi connectivity index (χ0v) is 13.5. The minimum absolute atomic E-state index is 0.192. The lowest BCUT2D eigenvalue weighted by Crippen LogP contribution is -2.42. The average molecular weight is 290 g/mol. The number of alkyl halides is 1. The highest BCUT2D eigenvalue weighted by molar-refractivity contribution is 6.17. The molecule has 1 aliphatic heterocycles. The number of amides is 1. The van der Waals surface area contributed by atoms with E-state index in [9.17, 15) is 4.79 Å². The molecule has 19 heavy (non-hydrogen) atoms. The highest BCUT2D eigenvalue weighted by Crippen LogP contribution is 2.29. The lowest BCUT2D eigenvalue weighted by Gasteiger charge is -2.34. The molecule has 0 N–H and O–H groups in total. The Balaban J connectivity index is 2.33. The van der Waals surface area contributed by atoms with Crippen molar-refractivity contribution in [2.45, 2.75) is 53.1 Å². The molecule has 1 aliphatic rings. The predicted molar refractivity (Wildman–Crippen MR) is 79.5 cm³/mol. The minimum Gasteiger partial charge on any atom is -0.377 e. The van der Waals surface area contributed by atoms with Crippen LogP contribution in [0.1, 0.15) is 47.0 Å². The summed E-state index contributed by atoms with van der Waals surface area (Å²) in [5.74, 6) is 1.24. The highest BCUT2D eigenvalue weighted by Gasteiger charge is 2.27. The summed E-state index contributed by atoms with van der Waals surface area (Å²) < 4.78 is 5.63. The van der Waals surface area contributed by atoms with Gasteiger partial charge in [0.1, 0.15) is 0 Å². The Kier molecular flexibility index (Phi) is 6.61. The van der Waals surface area contributed by atoms with Crippen molar-refractivity contribution in [2.24, 2.45) is 11.3 Å². The van der Waals surface area contributed by atoms with Crippen molar-refractivity contribution in [3.8, 4) is 0 Å². The van der Waals surface area contributed by atoms with E-state index in [1.807, 2.05) is 4.90 Å². The van der Waals surface area contributed by atoms with Gasteiger partial charge in [-0.3, -0.25) is 4.79 Å². The molecule has 1 atom stereocenters. The second-order valence-electron chi connectivity index (χ2n) is 6.61. The minimum atomic E-state index is 0.192. The monoisotopic (exact) mass is 289 g/mol. The zero-order chi connectivity index (χ0) is 14.5. The zero-order valence-electron chi connectivity index (χ0n) is 12.7. The standard InChI is InChI=1S/C15H28ClNO2/c1-12(15(2,3)4)11-14(18)17-8-5-13(6-9-17)19-10-7-16/h12-13H,5-11H2,1-4H3. The molecule has 1 rings (SSSR count). The number of ether oxygens (including phenoxy) is 1. The highest BCUT2D eigenvalue weighted by atomic mass is 35.5. The first-order valence-corrected chi connectivity index (χ1v) is 7.83. The Bertz CT molecular complexity index is 280. The molecule has 0 aromatic rings. The molecule has 0 aliphatic carbocycles. The van der Waals surface area contributed by atoms with Crippen molar-refractivity contribution in [1.82, 2.24) is 4.90 Å². The van der Waals surface area contributed by atoms with Crippen molar-refractivity contribution in [2.75, 3.05) is 25.6 Å².